The molecule has 0 bridgehead atoms. The highest BCUT2D eigenvalue weighted by Crippen LogP contribution is 2.52. The number of carbonyl (C=O) groups is 2. The Labute approximate surface area is 280 Å². The Morgan fingerprint density at radius 3 is 2.60 bits per heavy atom. The lowest BCUT2D eigenvalue weighted by Gasteiger charge is -2.58. The van der Waals surface area contributed by atoms with E-state index in [1.807, 2.05) is 13.0 Å². The van der Waals surface area contributed by atoms with Crippen LogP contribution >= 0.6 is 0 Å². The van der Waals surface area contributed by atoms with Crippen LogP contribution in [0, 0.1) is 35.5 Å². The standard InChI is InChI=1S/C36H60N4O7/c1-3-24(22-6-4-5-7-22)35(44)46-28-17-25-32(43)31-27(42)16-23(19-41)45-34(31)26(14-21-11-13-39-30(38)15-21)33(25)47-36(28,2)12-10-20-8-9-29(37)40-18-20/h3,20-23,25-26,28-34,39-41,43H,4-19,37-38H2,1-2H3/p+1/t20?,21?,23?,25?,26?,28-,29?,30?,31?,32?,33?,34?,36-/m0/s1. The van der Waals surface area contributed by atoms with Gasteiger partial charge in [-0.3, -0.25) is 10.5 Å². The maximum Gasteiger partial charge on any atom is 0.334 e. The van der Waals surface area contributed by atoms with Crippen LogP contribution in [0.3, 0.4) is 0 Å². The molecule has 4 heterocycles. The minimum absolute atomic E-state index is 0.0654. The molecule has 6 fully saturated rings. The molecule has 0 aromatic carbocycles. The number of ether oxygens (including phenoxy) is 3. The fourth-order valence-electron chi connectivity index (χ4n) is 10.1. The molecule has 4 aliphatic heterocycles. The third-order valence-electron chi connectivity index (χ3n) is 12.8. The van der Waals surface area contributed by atoms with Crippen molar-refractivity contribution in [2.24, 2.45) is 47.0 Å². The molecule has 2 saturated carbocycles. The van der Waals surface area contributed by atoms with Crippen molar-refractivity contribution in [3.63, 3.8) is 0 Å². The molecule has 47 heavy (non-hydrogen) atoms. The lowest BCUT2D eigenvalue weighted by Crippen LogP contribution is -2.95. The summed E-state index contributed by atoms with van der Waals surface area (Å²) in [6.07, 6.45) is 9.88. The van der Waals surface area contributed by atoms with Gasteiger partial charge in [0.25, 0.3) is 0 Å². The highest BCUT2D eigenvalue weighted by atomic mass is 16.6. The van der Waals surface area contributed by atoms with Gasteiger partial charge in [0.05, 0.1) is 49.7 Å². The van der Waals surface area contributed by atoms with Crippen molar-refractivity contribution in [2.75, 3.05) is 19.7 Å². The number of piperidine rings is 2. The summed E-state index contributed by atoms with van der Waals surface area (Å²) in [5.74, 6) is -0.563. The molecule has 4 saturated heterocycles. The largest absolute Gasteiger partial charge is 0.456 e. The van der Waals surface area contributed by atoms with Crippen LogP contribution in [0.15, 0.2) is 11.6 Å². The van der Waals surface area contributed by atoms with E-state index in [0.717, 1.165) is 82.9 Å². The number of rotatable bonds is 9. The number of hydrogen-bond acceptors (Lipinski definition) is 10. The second kappa shape index (κ2) is 15.2. The molecule has 0 aromatic rings. The fourth-order valence-corrected chi connectivity index (χ4v) is 10.1. The molecular weight excluding hydrogens is 600 g/mol. The minimum atomic E-state index is -0.986. The fraction of sp³-hybridized carbons (Fsp3) is 0.889. The molecule has 11 nitrogen and oxygen atoms in total. The monoisotopic (exact) mass is 661 g/mol. The zero-order chi connectivity index (χ0) is 33.3. The third kappa shape index (κ3) is 7.67. The average Bonchev–Trinajstić information content (AvgIpc) is 3.58. The summed E-state index contributed by atoms with van der Waals surface area (Å²) in [6, 6.07) is 0. The Hall–Kier alpha value is -1.44. The topological polar surface area (TPSA) is 183 Å². The number of hydrogen-bond donors (Lipinski definition) is 6. The summed E-state index contributed by atoms with van der Waals surface area (Å²) in [4.78, 5) is 27.5. The second-order valence-corrected chi connectivity index (χ2v) is 16.0. The minimum Gasteiger partial charge on any atom is -0.456 e. The Bertz CT molecular complexity index is 1120. The second-order valence-electron chi connectivity index (χ2n) is 16.0. The van der Waals surface area contributed by atoms with Crippen molar-refractivity contribution in [3.8, 4) is 0 Å². The van der Waals surface area contributed by atoms with Crippen molar-refractivity contribution in [1.29, 1.82) is 0 Å². The van der Waals surface area contributed by atoms with E-state index < -0.39 is 35.9 Å². The van der Waals surface area contributed by atoms with E-state index in [2.05, 4.69) is 17.6 Å². The molecule has 0 spiro atoms. The van der Waals surface area contributed by atoms with Crippen molar-refractivity contribution in [2.45, 2.75) is 146 Å². The average molecular weight is 662 g/mol. The smallest absolute Gasteiger partial charge is 0.334 e. The Morgan fingerprint density at radius 2 is 1.91 bits per heavy atom. The SMILES string of the molecule is CC=C(C(=O)O[C@H]1CC2C(O)C3C(=O)CC(CO)OC3C(CC3CCNC(N)C3)C2O[C@@]1(C)CCC1CCC(N)[NH2+]C1)C1CCCC1. The first kappa shape index (κ1) is 35.4. The number of carbonyl (C=O) groups excluding carboxylic acids is 2. The maximum absolute atomic E-state index is 13.9. The van der Waals surface area contributed by atoms with Gasteiger partial charge in [0.1, 0.15) is 23.7 Å². The normalized spacial score (nSPS) is 44.9. The summed E-state index contributed by atoms with van der Waals surface area (Å²) in [5.41, 5.74) is 12.5. The molecule has 11 heteroatoms. The van der Waals surface area contributed by atoms with Gasteiger partial charge in [-0.25, -0.2) is 4.79 Å². The number of fused-ring (bicyclic) bond motifs is 2. The van der Waals surface area contributed by atoms with Gasteiger partial charge in [0, 0.05) is 36.2 Å². The van der Waals surface area contributed by atoms with Gasteiger partial charge in [-0.2, -0.15) is 0 Å². The van der Waals surface area contributed by atoms with Gasteiger partial charge in [-0.15, -0.1) is 0 Å². The number of Topliss-reactive ketones (excluding diaryl/α,β-unsaturated/α-hetero) is 1. The van der Waals surface area contributed by atoms with Gasteiger partial charge < -0.3 is 40.8 Å². The first-order valence-corrected chi connectivity index (χ1v) is 18.7. The molecule has 6 aliphatic rings. The number of esters is 1. The Kier molecular flexibility index (Phi) is 11.5. The Balaban J connectivity index is 1.30. The van der Waals surface area contributed by atoms with Gasteiger partial charge >= 0.3 is 5.97 Å². The van der Waals surface area contributed by atoms with Gasteiger partial charge in [-0.05, 0) is 90.0 Å². The Morgan fingerprint density at radius 1 is 1.13 bits per heavy atom. The van der Waals surface area contributed by atoms with Crippen molar-refractivity contribution >= 4 is 11.8 Å². The number of nitrogens with two attached hydrogens (primary N) is 3. The molecule has 9 N–H and O–H groups in total. The van der Waals surface area contributed by atoms with Crippen LogP contribution in [0.5, 0.6) is 0 Å². The molecule has 6 rings (SSSR count). The lowest BCUT2D eigenvalue weighted by molar-refractivity contribution is -0.703. The van der Waals surface area contributed by atoms with Gasteiger partial charge in [0.2, 0.25) is 0 Å². The zero-order valence-electron chi connectivity index (χ0n) is 28.6. The van der Waals surface area contributed by atoms with Gasteiger partial charge in [0.15, 0.2) is 0 Å². The van der Waals surface area contributed by atoms with E-state index in [4.69, 9.17) is 25.7 Å². The summed E-state index contributed by atoms with van der Waals surface area (Å²) in [7, 11) is 0. The van der Waals surface area contributed by atoms with E-state index in [-0.39, 0.29) is 61.0 Å². The number of aliphatic hydroxyl groups excluding tert-OH is 2. The molecule has 0 aromatic heterocycles. The molecule has 11 unspecified atom stereocenters. The van der Waals surface area contributed by atoms with Crippen LogP contribution in [0.25, 0.3) is 0 Å². The molecule has 2 aliphatic carbocycles. The quantitative estimate of drug-likeness (QED) is 0.155. The zero-order valence-corrected chi connectivity index (χ0v) is 28.6. The summed E-state index contributed by atoms with van der Waals surface area (Å²) in [5, 5.41) is 27.6. The first-order valence-electron chi connectivity index (χ1n) is 18.7. The van der Waals surface area contributed by atoms with Crippen molar-refractivity contribution in [3.05, 3.63) is 11.6 Å². The number of allylic oxidation sites excluding steroid dienone is 1. The van der Waals surface area contributed by atoms with E-state index >= 15 is 0 Å². The predicted octanol–water partition coefficient (Wildman–Crippen LogP) is 1.24. The van der Waals surface area contributed by atoms with Crippen LogP contribution in [0.2, 0.25) is 0 Å². The van der Waals surface area contributed by atoms with Crippen molar-refractivity contribution < 1.29 is 39.3 Å². The van der Waals surface area contributed by atoms with E-state index in [9.17, 15) is 19.8 Å². The van der Waals surface area contributed by atoms with Gasteiger partial charge in [-0.1, -0.05) is 18.9 Å². The first-order chi connectivity index (χ1) is 22.6. The molecule has 0 radical (unpaired) electrons. The number of quaternary nitrogens is 1. The van der Waals surface area contributed by atoms with E-state index in [1.165, 1.54) is 0 Å². The van der Waals surface area contributed by atoms with Crippen LogP contribution in [0.1, 0.15) is 97.3 Å². The molecular formula is C36H61N4O7+. The number of nitrogens with one attached hydrogen (secondary N) is 1. The number of ketones is 1. The third-order valence-corrected chi connectivity index (χ3v) is 12.8. The molecule has 13 atom stereocenters. The van der Waals surface area contributed by atoms with E-state index in [1.54, 1.807) is 0 Å². The van der Waals surface area contributed by atoms with Crippen LogP contribution in [0.4, 0.5) is 0 Å². The summed E-state index contributed by atoms with van der Waals surface area (Å²) < 4.78 is 20.2. The summed E-state index contributed by atoms with van der Waals surface area (Å²) >= 11 is 0. The summed E-state index contributed by atoms with van der Waals surface area (Å²) in [6.45, 7) is 5.57. The van der Waals surface area contributed by atoms with E-state index in [0.29, 0.717) is 24.7 Å². The van der Waals surface area contributed by atoms with Crippen LogP contribution < -0.4 is 22.1 Å². The lowest BCUT2D eigenvalue weighted by atomic mass is 9.60. The molecule has 266 valence electrons. The highest BCUT2D eigenvalue weighted by molar-refractivity contribution is 5.89. The van der Waals surface area contributed by atoms with Crippen LogP contribution in [-0.4, -0.2) is 90.1 Å². The maximum atomic E-state index is 13.9. The van der Waals surface area contributed by atoms with Crippen molar-refractivity contribution in [1.82, 2.24) is 5.32 Å². The van der Waals surface area contributed by atoms with Crippen LogP contribution in [-0.2, 0) is 23.8 Å². The molecule has 0 amide bonds. The highest BCUT2D eigenvalue weighted by Gasteiger charge is 2.61. The predicted molar refractivity (Wildman–Crippen MR) is 175 cm³/mol. The number of aliphatic hydroxyl groups is 2.